The molecule has 0 aliphatic carbocycles. The van der Waals surface area contributed by atoms with Crippen LogP contribution in [0.15, 0.2) is 24.3 Å². The topological polar surface area (TPSA) is 81.4 Å². The minimum atomic E-state index is -3.33. The third kappa shape index (κ3) is 4.82. The van der Waals surface area contributed by atoms with Gasteiger partial charge >= 0.3 is 0 Å². The van der Waals surface area contributed by atoms with Gasteiger partial charge in [0.05, 0.1) is 12.4 Å². The standard InChI is InChI=1S/C11H18N2O3S/c1-16-7-6-13-17(14,15)9-11-5-3-2-4-10(11)8-12/h2-5,13H,6-9,12H2,1H3. The summed E-state index contributed by atoms with van der Waals surface area (Å²) >= 11 is 0. The molecule has 17 heavy (non-hydrogen) atoms. The van der Waals surface area contributed by atoms with Gasteiger partial charge in [-0.05, 0) is 11.1 Å². The van der Waals surface area contributed by atoms with Crippen molar-refractivity contribution in [1.29, 1.82) is 0 Å². The molecule has 0 amide bonds. The van der Waals surface area contributed by atoms with Crippen LogP contribution in [-0.2, 0) is 27.1 Å². The van der Waals surface area contributed by atoms with E-state index in [4.69, 9.17) is 10.5 Å². The van der Waals surface area contributed by atoms with Crippen molar-refractivity contribution in [2.75, 3.05) is 20.3 Å². The molecule has 96 valence electrons. The van der Waals surface area contributed by atoms with E-state index in [1.807, 2.05) is 12.1 Å². The van der Waals surface area contributed by atoms with Gasteiger partial charge in [0.15, 0.2) is 0 Å². The Morgan fingerprint density at radius 2 is 1.94 bits per heavy atom. The second-order valence-corrected chi connectivity index (χ2v) is 5.43. The number of hydrogen-bond acceptors (Lipinski definition) is 4. The quantitative estimate of drug-likeness (QED) is 0.685. The summed E-state index contributed by atoms with van der Waals surface area (Å²) in [7, 11) is -1.80. The van der Waals surface area contributed by atoms with Crippen LogP contribution in [0, 0.1) is 0 Å². The van der Waals surface area contributed by atoms with Crippen molar-refractivity contribution in [1.82, 2.24) is 4.72 Å². The number of nitrogens with one attached hydrogen (secondary N) is 1. The highest BCUT2D eigenvalue weighted by molar-refractivity contribution is 7.88. The Morgan fingerprint density at radius 3 is 2.53 bits per heavy atom. The van der Waals surface area contributed by atoms with Crippen LogP contribution in [0.5, 0.6) is 0 Å². The number of nitrogens with two attached hydrogens (primary N) is 1. The molecule has 0 saturated heterocycles. The first kappa shape index (κ1) is 14.1. The van der Waals surface area contributed by atoms with Gasteiger partial charge in [0, 0.05) is 20.2 Å². The molecular weight excluding hydrogens is 240 g/mol. The van der Waals surface area contributed by atoms with E-state index >= 15 is 0 Å². The monoisotopic (exact) mass is 258 g/mol. The first-order valence-electron chi connectivity index (χ1n) is 5.32. The molecule has 5 nitrogen and oxygen atoms in total. The van der Waals surface area contributed by atoms with Crippen LogP contribution in [0.3, 0.4) is 0 Å². The average molecular weight is 258 g/mol. The van der Waals surface area contributed by atoms with E-state index in [1.54, 1.807) is 12.1 Å². The van der Waals surface area contributed by atoms with Crippen molar-refractivity contribution in [3.63, 3.8) is 0 Å². The molecule has 1 rings (SSSR count). The summed E-state index contributed by atoms with van der Waals surface area (Å²) in [6.45, 7) is 0.977. The van der Waals surface area contributed by atoms with Gasteiger partial charge in [-0.3, -0.25) is 0 Å². The fourth-order valence-electron chi connectivity index (χ4n) is 1.45. The Kier molecular flexibility index (Phi) is 5.57. The zero-order chi connectivity index (χ0) is 12.7. The lowest BCUT2D eigenvalue weighted by molar-refractivity contribution is 0.204. The Labute approximate surface area is 102 Å². The molecule has 1 aromatic rings. The summed E-state index contributed by atoms with van der Waals surface area (Å²) in [5.74, 6) is -0.0515. The molecule has 0 saturated carbocycles. The molecule has 0 unspecified atom stereocenters. The maximum Gasteiger partial charge on any atom is 0.215 e. The van der Waals surface area contributed by atoms with Crippen molar-refractivity contribution in [2.45, 2.75) is 12.3 Å². The Morgan fingerprint density at radius 1 is 1.29 bits per heavy atom. The first-order chi connectivity index (χ1) is 8.09. The predicted molar refractivity (Wildman–Crippen MR) is 66.8 cm³/mol. The highest BCUT2D eigenvalue weighted by Crippen LogP contribution is 2.11. The SMILES string of the molecule is COCCNS(=O)(=O)Cc1ccccc1CN. The molecule has 0 atom stereocenters. The van der Waals surface area contributed by atoms with Gasteiger partial charge in [-0.15, -0.1) is 0 Å². The van der Waals surface area contributed by atoms with Gasteiger partial charge in [-0.2, -0.15) is 0 Å². The summed E-state index contributed by atoms with van der Waals surface area (Å²) in [5.41, 5.74) is 7.14. The van der Waals surface area contributed by atoms with Crippen LogP contribution < -0.4 is 10.5 Å². The van der Waals surface area contributed by atoms with E-state index in [0.717, 1.165) is 11.1 Å². The van der Waals surface area contributed by atoms with Gasteiger partial charge < -0.3 is 10.5 Å². The Bertz CT molecular complexity index is 446. The highest BCUT2D eigenvalue weighted by atomic mass is 32.2. The van der Waals surface area contributed by atoms with Crippen molar-refractivity contribution in [3.8, 4) is 0 Å². The number of benzene rings is 1. The lowest BCUT2D eigenvalue weighted by Gasteiger charge is -2.09. The second kappa shape index (κ2) is 6.70. The summed E-state index contributed by atoms with van der Waals surface area (Å²) in [6.07, 6.45) is 0. The van der Waals surface area contributed by atoms with Crippen LogP contribution in [-0.4, -0.2) is 28.7 Å². The van der Waals surface area contributed by atoms with Crippen molar-refractivity contribution < 1.29 is 13.2 Å². The Balaban J connectivity index is 2.69. The third-order valence-electron chi connectivity index (χ3n) is 2.31. The molecule has 0 aromatic heterocycles. The molecule has 0 aliphatic heterocycles. The maximum atomic E-state index is 11.7. The van der Waals surface area contributed by atoms with Crippen LogP contribution in [0.2, 0.25) is 0 Å². The number of rotatable bonds is 7. The predicted octanol–water partition coefficient (Wildman–Crippen LogP) is 0.211. The molecule has 0 bridgehead atoms. The highest BCUT2D eigenvalue weighted by Gasteiger charge is 2.12. The lowest BCUT2D eigenvalue weighted by Crippen LogP contribution is -2.28. The zero-order valence-corrected chi connectivity index (χ0v) is 10.7. The van der Waals surface area contributed by atoms with E-state index in [1.165, 1.54) is 7.11 Å². The summed E-state index contributed by atoms with van der Waals surface area (Å²) in [4.78, 5) is 0. The largest absolute Gasteiger partial charge is 0.383 e. The van der Waals surface area contributed by atoms with Gasteiger partial charge in [-0.1, -0.05) is 24.3 Å². The van der Waals surface area contributed by atoms with E-state index in [2.05, 4.69) is 4.72 Å². The van der Waals surface area contributed by atoms with Gasteiger partial charge in [0.1, 0.15) is 0 Å². The number of hydrogen-bond donors (Lipinski definition) is 2. The molecular formula is C11H18N2O3S. The zero-order valence-electron chi connectivity index (χ0n) is 9.85. The minimum Gasteiger partial charge on any atom is -0.383 e. The van der Waals surface area contributed by atoms with Crippen molar-refractivity contribution in [2.24, 2.45) is 5.73 Å². The van der Waals surface area contributed by atoms with Crippen LogP contribution >= 0.6 is 0 Å². The fraction of sp³-hybridized carbons (Fsp3) is 0.455. The van der Waals surface area contributed by atoms with Crippen molar-refractivity contribution >= 4 is 10.0 Å². The molecule has 1 aromatic carbocycles. The van der Waals surface area contributed by atoms with Gasteiger partial charge in [0.2, 0.25) is 10.0 Å². The summed E-state index contributed by atoms with van der Waals surface area (Å²) < 4.78 is 30.7. The molecule has 0 radical (unpaired) electrons. The molecule has 0 heterocycles. The van der Waals surface area contributed by atoms with E-state index in [-0.39, 0.29) is 12.3 Å². The molecule has 0 spiro atoms. The molecule has 3 N–H and O–H groups in total. The Hall–Kier alpha value is -0.950. The van der Waals surface area contributed by atoms with E-state index < -0.39 is 10.0 Å². The number of ether oxygens (including phenoxy) is 1. The van der Waals surface area contributed by atoms with Gasteiger partial charge in [0.25, 0.3) is 0 Å². The summed E-state index contributed by atoms with van der Waals surface area (Å²) in [5, 5.41) is 0. The van der Waals surface area contributed by atoms with Gasteiger partial charge in [-0.25, -0.2) is 13.1 Å². The van der Waals surface area contributed by atoms with Crippen LogP contribution in [0.1, 0.15) is 11.1 Å². The first-order valence-corrected chi connectivity index (χ1v) is 6.97. The summed E-state index contributed by atoms with van der Waals surface area (Å²) in [6, 6.07) is 7.26. The van der Waals surface area contributed by atoms with E-state index in [9.17, 15) is 8.42 Å². The number of sulfonamides is 1. The minimum absolute atomic E-state index is 0.0515. The molecule has 0 aliphatic rings. The normalized spacial score (nSPS) is 11.6. The lowest BCUT2D eigenvalue weighted by atomic mass is 10.1. The fourth-order valence-corrected chi connectivity index (χ4v) is 2.64. The third-order valence-corrected chi connectivity index (χ3v) is 3.65. The number of methoxy groups -OCH3 is 1. The molecule has 6 heteroatoms. The van der Waals surface area contributed by atoms with Crippen LogP contribution in [0.4, 0.5) is 0 Å². The average Bonchev–Trinajstić information content (AvgIpc) is 2.29. The molecule has 0 fully saturated rings. The second-order valence-electron chi connectivity index (χ2n) is 3.62. The maximum absolute atomic E-state index is 11.7. The van der Waals surface area contributed by atoms with Crippen molar-refractivity contribution in [3.05, 3.63) is 35.4 Å². The smallest absolute Gasteiger partial charge is 0.215 e. The van der Waals surface area contributed by atoms with E-state index in [0.29, 0.717) is 13.2 Å². The van der Waals surface area contributed by atoms with Crippen LogP contribution in [0.25, 0.3) is 0 Å².